The Hall–Kier alpha value is -2.90. The number of amides is 2. The van der Waals surface area contributed by atoms with Crippen LogP contribution in [0.4, 0.5) is 0 Å². The molecular formula is C12H12N4O4. The number of primary amides is 1. The highest BCUT2D eigenvalue weighted by Gasteiger charge is 2.23. The largest absolute Gasteiger partial charge is 0.480 e. The van der Waals surface area contributed by atoms with E-state index >= 15 is 0 Å². The maximum atomic E-state index is 11.9. The molecular weight excluding hydrogens is 264 g/mol. The molecule has 0 aliphatic carbocycles. The molecule has 2 aromatic rings. The smallest absolute Gasteiger partial charge is 0.326 e. The third kappa shape index (κ3) is 2.91. The Balaban J connectivity index is 2.17. The van der Waals surface area contributed by atoms with Gasteiger partial charge in [0, 0.05) is 12.4 Å². The summed E-state index contributed by atoms with van der Waals surface area (Å²) in [6, 6.07) is 3.86. The molecule has 0 spiro atoms. The Morgan fingerprint density at radius 2 is 2.15 bits per heavy atom. The Morgan fingerprint density at radius 3 is 2.75 bits per heavy atom. The molecule has 20 heavy (non-hydrogen) atoms. The zero-order chi connectivity index (χ0) is 14.7. The number of pyridine rings is 1. The Bertz CT molecular complexity index is 646. The number of carbonyl (C=O) groups is 3. The zero-order valence-corrected chi connectivity index (χ0v) is 10.3. The lowest BCUT2D eigenvalue weighted by atomic mass is 10.2. The van der Waals surface area contributed by atoms with Crippen molar-refractivity contribution in [2.45, 2.75) is 12.5 Å². The van der Waals surface area contributed by atoms with E-state index in [1.807, 2.05) is 0 Å². The van der Waals surface area contributed by atoms with Crippen molar-refractivity contribution in [3.8, 4) is 0 Å². The van der Waals surface area contributed by atoms with Crippen LogP contribution in [0.2, 0.25) is 0 Å². The van der Waals surface area contributed by atoms with Crippen molar-refractivity contribution in [1.82, 2.24) is 14.7 Å². The van der Waals surface area contributed by atoms with E-state index in [0.29, 0.717) is 5.65 Å². The van der Waals surface area contributed by atoms with Gasteiger partial charge in [-0.1, -0.05) is 6.07 Å². The third-order valence-electron chi connectivity index (χ3n) is 2.61. The van der Waals surface area contributed by atoms with E-state index in [1.54, 1.807) is 28.8 Å². The molecule has 0 radical (unpaired) electrons. The van der Waals surface area contributed by atoms with Gasteiger partial charge in [0.25, 0.3) is 5.91 Å². The molecule has 0 fully saturated rings. The van der Waals surface area contributed by atoms with Gasteiger partial charge in [0.15, 0.2) is 0 Å². The maximum Gasteiger partial charge on any atom is 0.326 e. The number of fused-ring (bicyclic) bond motifs is 1. The van der Waals surface area contributed by atoms with Gasteiger partial charge in [-0.2, -0.15) is 0 Å². The molecule has 0 bridgehead atoms. The summed E-state index contributed by atoms with van der Waals surface area (Å²) < 4.78 is 1.62. The summed E-state index contributed by atoms with van der Waals surface area (Å²) in [5.74, 6) is -2.82. The van der Waals surface area contributed by atoms with Crippen molar-refractivity contribution in [3.05, 3.63) is 36.3 Å². The van der Waals surface area contributed by atoms with Crippen LogP contribution in [0.25, 0.3) is 5.65 Å². The number of carboxylic acid groups (broad SMARTS) is 1. The van der Waals surface area contributed by atoms with Gasteiger partial charge in [-0.15, -0.1) is 0 Å². The number of rotatable bonds is 5. The minimum atomic E-state index is -1.37. The SMILES string of the molecule is NC(=O)C[C@H](NC(=O)c1cn2ccccc2n1)C(=O)O. The number of nitrogens with one attached hydrogen (secondary N) is 1. The minimum absolute atomic E-state index is 0.0620. The zero-order valence-electron chi connectivity index (χ0n) is 10.3. The van der Waals surface area contributed by atoms with Gasteiger partial charge in [-0.3, -0.25) is 9.59 Å². The van der Waals surface area contributed by atoms with Crippen molar-refractivity contribution >= 4 is 23.4 Å². The summed E-state index contributed by atoms with van der Waals surface area (Å²) in [4.78, 5) is 37.6. The number of nitrogens with two attached hydrogens (primary N) is 1. The molecule has 0 aliphatic heterocycles. The number of carboxylic acids is 1. The van der Waals surface area contributed by atoms with E-state index in [4.69, 9.17) is 10.8 Å². The first-order valence-electron chi connectivity index (χ1n) is 5.73. The quantitative estimate of drug-likeness (QED) is 0.671. The van der Waals surface area contributed by atoms with Gasteiger partial charge in [-0.25, -0.2) is 9.78 Å². The van der Waals surface area contributed by atoms with E-state index in [2.05, 4.69) is 10.3 Å². The van der Waals surface area contributed by atoms with Crippen LogP contribution in [-0.2, 0) is 9.59 Å². The van der Waals surface area contributed by atoms with Crippen molar-refractivity contribution in [2.75, 3.05) is 0 Å². The maximum absolute atomic E-state index is 11.9. The lowest BCUT2D eigenvalue weighted by molar-refractivity contribution is -0.140. The second-order valence-corrected chi connectivity index (χ2v) is 4.13. The van der Waals surface area contributed by atoms with Crippen LogP contribution >= 0.6 is 0 Å². The highest BCUT2D eigenvalue weighted by atomic mass is 16.4. The number of hydrogen-bond acceptors (Lipinski definition) is 4. The van der Waals surface area contributed by atoms with Crippen LogP contribution in [0.1, 0.15) is 16.9 Å². The molecule has 2 heterocycles. The average molecular weight is 276 g/mol. The van der Waals surface area contributed by atoms with Crippen LogP contribution in [0, 0.1) is 0 Å². The Kier molecular flexibility index (Phi) is 3.65. The number of carbonyl (C=O) groups excluding carboxylic acids is 2. The lowest BCUT2D eigenvalue weighted by Gasteiger charge is -2.11. The van der Waals surface area contributed by atoms with Gasteiger partial charge in [-0.05, 0) is 12.1 Å². The van der Waals surface area contributed by atoms with Gasteiger partial charge in [0.1, 0.15) is 17.4 Å². The third-order valence-corrected chi connectivity index (χ3v) is 2.61. The van der Waals surface area contributed by atoms with Crippen LogP contribution in [0.3, 0.4) is 0 Å². The monoisotopic (exact) mass is 276 g/mol. The molecule has 0 aliphatic rings. The molecule has 0 saturated carbocycles. The number of hydrogen-bond donors (Lipinski definition) is 3. The summed E-state index contributed by atoms with van der Waals surface area (Å²) in [6.45, 7) is 0. The first-order valence-corrected chi connectivity index (χ1v) is 5.73. The predicted octanol–water partition coefficient (Wildman–Crippen LogP) is -0.607. The van der Waals surface area contributed by atoms with Crippen LogP contribution in [0.5, 0.6) is 0 Å². The molecule has 104 valence electrons. The Morgan fingerprint density at radius 1 is 1.40 bits per heavy atom. The molecule has 2 rings (SSSR count). The fourth-order valence-corrected chi connectivity index (χ4v) is 1.68. The van der Waals surface area contributed by atoms with E-state index in [1.165, 1.54) is 6.20 Å². The fourth-order valence-electron chi connectivity index (χ4n) is 1.68. The average Bonchev–Trinajstić information content (AvgIpc) is 2.81. The number of nitrogens with zero attached hydrogens (tertiary/aromatic N) is 2. The van der Waals surface area contributed by atoms with Gasteiger partial charge in [0.2, 0.25) is 5.91 Å². The topological polar surface area (TPSA) is 127 Å². The second kappa shape index (κ2) is 5.39. The van der Waals surface area contributed by atoms with Crippen LogP contribution in [0.15, 0.2) is 30.6 Å². The van der Waals surface area contributed by atoms with Crippen LogP contribution < -0.4 is 11.1 Å². The summed E-state index contributed by atoms with van der Waals surface area (Å²) in [7, 11) is 0. The first-order chi connectivity index (χ1) is 9.47. The van der Waals surface area contributed by atoms with Crippen molar-refractivity contribution in [3.63, 3.8) is 0 Å². The molecule has 8 nitrogen and oxygen atoms in total. The molecule has 0 saturated heterocycles. The van der Waals surface area contributed by atoms with Gasteiger partial charge >= 0.3 is 5.97 Å². The predicted molar refractivity (Wildman–Crippen MR) is 67.9 cm³/mol. The molecule has 2 amide bonds. The molecule has 0 unspecified atom stereocenters. The second-order valence-electron chi connectivity index (χ2n) is 4.13. The Labute approximate surface area is 113 Å². The van der Waals surface area contributed by atoms with Gasteiger partial charge in [0.05, 0.1) is 6.42 Å². The normalized spacial score (nSPS) is 12.0. The van der Waals surface area contributed by atoms with Crippen molar-refractivity contribution in [1.29, 1.82) is 0 Å². The fraction of sp³-hybridized carbons (Fsp3) is 0.167. The summed E-state index contributed by atoms with van der Waals surface area (Å²) in [5, 5.41) is 11.1. The molecule has 0 aromatic carbocycles. The van der Waals surface area contributed by atoms with E-state index < -0.39 is 30.2 Å². The number of aromatic nitrogens is 2. The summed E-state index contributed by atoms with van der Waals surface area (Å²) >= 11 is 0. The standard InChI is InChI=1S/C12H12N4O4/c13-9(17)5-7(12(19)20)15-11(18)8-6-16-4-2-1-3-10(16)14-8/h1-4,6-7H,5H2,(H2,13,17)(H,15,18)(H,19,20)/t7-/m0/s1. The lowest BCUT2D eigenvalue weighted by Crippen LogP contribution is -2.43. The summed E-state index contributed by atoms with van der Waals surface area (Å²) in [5.41, 5.74) is 5.55. The molecule has 8 heteroatoms. The van der Waals surface area contributed by atoms with E-state index in [0.717, 1.165) is 0 Å². The number of aliphatic carboxylic acids is 1. The van der Waals surface area contributed by atoms with Crippen LogP contribution in [-0.4, -0.2) is 38.3 Å². The number of imidazole rings is 1. The molecule has 2 aromatic heterocycles. The highest BCUT2D eigenvalue weighted by molar-refractivity contribution is 5.96. The molecule has 4 N–H and O–H groups in total. The van der Waals surface area contributed by atoms with Crippen molar-refractivity contribution < 1.29 is 19.5 Å². The van der Waals surface area contributed by atoms with E-state index in [-0.39, 0.29) is 5.69 Å². The summed E-state index contributed by atoms with van der Waals surface area (Å²) in [6.07, 6.45) is 2.69. The minimum Gasteiger partial charge on any atom is -0.480 e. The van der Waals surface area contributed by atoms with Crippen molar-refractivity contribution in [2.24, 2.45) is 5.73 Å². The van der Waals surface area contributed by atoms with E-state index in [9.17, 15) is 14.4 Å². The molecule has 1 atom stereocenters. The highest BCUT2D eigenvalue weighted by Crippen LogP contribution is 2.05. The van der Waals surface area contributed by atoms with Gasteiger partial charge < -0.3 is 20.6 Å². The first kappa shape index (κ1) is 13.5.